The molecule has 1 aromatic rings. The third-order valence-electron chi connectivity index (χ3n) is 13.0. The van der Waals surface area contributed by atoms with E-state index in [1.807, 2.05) is 6.92 Å². The number of ether oxygens (including phenoxy) is 2. The number of aliphatic hydroxyl groups excluding tert-OH is 1. The number of hydrogen-bond acceptors (Lipinski definition) is 11. The molecule has 0 aromatic heterocycles. The molecule has 3 saturated carbocycles. The topological polar surface area (TPSA) is 206 Å². The van der Waals surface area contributed by atoms with Crippen molar-refractivity contribution in [1.29, 1.82) is 0 Å². The number of aliphatic hydroxyl groups is 2. The van der Waals surface area contributed by atoms with E-state index in [4.69, 9.17) is 9.47 Å². The summed E-state index contributed by atoms with van der Waals surface area (Å²) in [7, 11) is 0. The summed E-state index contributed by atoms with van der Waals surface area (Å²) >= 11 is 0. The number of rotatable bonds is 14. The molecule has 9 unspecified atom stereocenters. The van der Waals surface area contributed by atoms with E-state index in [0.717, 1.165) is 18.4 Å². The molecule has 4 aliphatic rings. The minimum absolute atomic E-state index is 0.0262. The predicted molar refractivity (Wildman–Crippen MR) is 195 cm³/mol. The van der Waals surface area contributed by atoms with Crippen LogP contribution < -0.4 is 10.6 Å². The molecule has 5 N–H and O–H groups in total. The van der Waals surface area contributed by atoms with Crippen LogP contribution in [0.25, 0.3) is 0 Å². The number of ketones is 2. The van der Waals surface area contributed by atoms with Crippen LogP contribution in [0.5, 0.6) is 5.75 Å². The van der Waals surface area contributed by atoms with Crippen LogP contribution in [0, 0.1) is 34.5 Å². The van der Waals surface area contributed by atoms with E-state index in [0.29, 0.717) is 24.8 Å². The maximum absolute atomic E-state index is 13.6. The van der Waals surface area contributed by atoms with Gasteiger partial charge in [0.2, 0.25) is 17.6 Å². The molecular weight excluding hydrogens is 696 g/mol. The maximum atomic E-state index is 13.6. The number of allylic oxidation sites excluding steroid dienone is 1. The van der Waals surface area contributed by atoms with Gasteiger partial charge >= 0.3 is 11.9 Å². The van der Waals surface area contributed by atoms with Crippen molar-refractivity contribution >= 4 is 35.3 Å². The second-order valence-electron chi connectivity index (χ2n) is 16.5. The summed E-state index contributed by atoms with van der Waals surface area (Å²) in [6.07, 6.45) is 4.00. The minimum Gasteiger partial charge on any atom is -0.508 e. The van der Waals surface area contributed by atoms with Gasteiger partial charge in [0.25, 0.3) is 0 Å². The van der Waals surface area contributed by atoms with Crippen LogP contribution in [0.15, 0.2) is 35.9 Å². The summed E-state index contributed by atoms with van der Waals surface area (Å²) in [5.74, 6) is -3.58. The van der Waals surface area contributed by atoms with E-state index in [-0.39, 0.29) is 79.3 Å². The smallest absolute Gasteiger partial charge is 0.328 e. The van der Waals surface area contributed by atoms with E-state index in [1.54, 1.807) is 39.0 Å². The first-order valence-electron chi connectivity index (χ1n) is 19.3. The Hall–Kier alpha value is -4.10. The Morgan fingerprint density at radius 1 is 0.963 bits per heavy atom. The van der Waals surface area contributed by atoms with Gasteiger partial charge in [-0.1, -0.05) is 45.4 Å². The number of carbonyl (C=O) groups excluding carboxylic acids is 6. The van der Waals surface area contributed by atoms with Crippen LogP contribution in [0.1, 0.15) is 98.0 Å². The van der Waals surface area contributed by atoms with Gasteiger partial charge in [-0.15, -0.1) is 0 Å². The fraction of sp³-hybridized carbons (Fsp3) is 0.659. The first-order chi connectivity index (χ1) is 25.4. The Kier molecular flexibility index (Phi) is 12.4. The fourth-order valence-electron chi connectivity index (χ4n) is 10.0. The first kappa shape index (κ1) is 41.1. The molecule has 9 atom stereocenters. The van der Waals surface area contributed by atoms with Gasteiger partial charge < -0.3 is 35.4 Å². The highest BCUT2D eigenvalue weighted by Gasteiger charge is 2.68. The molecule has 3 fully saturated rings. The molecule has 13 heteroatoms. The number of carbonyl (C=O) groups is 6. The number of nitrogens with one attached hydrogen (secondary N) is 2. The van der Waals surface area contributed by atoms with Crippen LogP contribution in [0.3, 0.4) is 0 Å². The number of amides is 2. The molecule has 0 heterocycles. The number of phenols is 1. The van der Waals surface area contributed by atoms with Crippen molar-refractivity contribution in [1.82, 2.24) is 10.6 Å². The normalized spacial score (nSPS) is 31.2. The van der Waals surface area contributed by atoms with E-state index in [9.17, 15) is 44.1 Å². The zero-order valence-corrected chi connectivity index (χ0v) is 32.0. The molecule has 0 saturated heterocycles. The average Bonchev–Trinajstić information content (AvgIpc) is 3.39. The van der Waals surface area contributed by atoms with Crippen LogP contribution in [0.2, 0.25) is 0 Å². The molecule has 54 heavy (non-hydrogen) atoms. The number of phenolic OH excluding ortho intramolecular Hbond substituents is 1. The molecule has 0 radical (unpaired) electrons. The summed E-state index contributed by atoms with van der Waals surface area (Å²) in [6, 6.07) is 4.06. The lowest BCUT2D eigenvalue weighted by Crippen LogP contribution is -2.62. The lowest BCUT2D eigenvalue weighted by Gasteiger charge is -2.60. The molecule has 0 aliphatic heterocycles. The predicted octanol–water partition coefficient (Wildman–Crippen LogP) is 3.25. The van der Waals surface area contributed by atoms with E-state index < -0.39 is 65.3 Å². The lowest BCUT2D eigenvalue weighted by molar-refractivity contribution is -0.184. The molecule has 0 spiro atoms. The van der Waals surface area contributed by atoms with Gasteiger partial charge in [-0.05, 0) is 98.3 Å². The molecule has 296 valence electrons. The lowest BCUT2D eigenvalue weighted by atomic mass is 9.45. The highest BCUT2D eigenvalue weighted by Crippen LogP contribution is 2.67. The Morgan fingerprint density at radius 3 is 2.33 bits per heavy atom. The molecular formula is C41H56N2O11. The standard InChI is InChI=1S/C41H56N2O11/c1-6-53-38(51)30(19-24-7-10-26(44)11-8-24)42-37(50)36(23(2)3)43-33(48)13-14-34(49)54-22-32(47)41(52)18-16-29-28-12-9-25-20-27(45)15-17-39(25,4)35(28)31(46)21-40(29,41)5/h7-8,10-11,20,23,28-31,35-36,44,46,52H,6,9,12-19,21-22H2,1-5H3,(H,42,50)(H,43,48). The van der Waals surface area contributed by atoms with Crippen LogP contribution in [-0.2, 0) is 44.7 Å². The number of Topliss-reactive ketones (excluding diaryl/α,β-unsaturated/α-hetero) is 1. The van der Waals surface area contributed by atoms with Crippen molar-refractivity contribution < 1.29 is 53.6 Å². The Labute approximate surface area is 316 Å². The zero-order valence-electron chi connectivity index (χ0n) is 32.0. The highest BCUT2D eigenvalue weighted by atomic mass is 16.5. The zero-order chi connectivity index (χ0) is 39.6. The molecule has 2 amide bonds. The quantitative estimate of drug-likeness (QED) is 0.175. The fourth-order valence-corrected chi connectivity index (χ4v) is 10.0. The molecule has 4 aliphatic carbocycles. The van der Waals surface area contributed by atoms with Crippen molar-refractivity contribution in [3.8, 4) is 5.75 Å². The summed E-state index contributed by atoms with van der Waals surface area (Å²) in [6.45, 7) is 8.49. The molecule has 5 rings (SSSR count). The van der Waals surface area contributed by atoms with E-state index in [1.165, 1.54) is 12.1 Å². The maximum Gasteiger partial charge on any atom is 0.328 e. The Bertz CT molecular complexity index is 1660. The Morgan fingerprint density at radius 2 is 1.67 bits per heavy atom. The van der Waals surface area contributed by atoms with Gasteiger partial charge in [0.05, 0.1) is 19.1 Å². The van der Waals surface area contributed by atoms with Crippen LogP contribution >= 0.6 is 0 Å². The first-order valence-corrected chi connectivity index (χ1v) is 19.3. The highest BCUT2D eigenvalue weighted by molar-refractivity contribution is 5.93. The third kappa shape index (κ3) is 8.12. The van der Waals surface area contributed by atoms with Crippen molar-refractivity contribution in [3.63, 3.8) is 0 Å². The van der Waals surface area contributed by atoms with E-state index >= 15 is 0 Å². The van der Waals surface area contributed by atoms with Crippen LogP contribution in [-0.4, -0.2) is 87.6 Å². The van der Waals surface area contributed by atoms with Gasteiger partial charge in [-0.3, -0.25) is 24.0 Å². The number of benzene rings is 1. The van der Waals surface area contributed by atoms with E-state index in [2.05, 4.69) is 17.6 Å². The SMILES string of the molecule is CCOC(=O)C(Cc1ccc(O)cc1)NC(=O)C(NC(=O)CCC(=O)OCC(=O)C1(O)CCC2C3CCC4=CC(=O)CCC4(C)C3C(O)CC21C)C(C)C. The van der Waals surface area contributed by atoms with Crippen molar-refractivity contribution in [2.24, 2.45) is 34.5 Å². The largest absolute Gasteiger partial charge is 0.508 e. The summed E-state index contributed by atoms with van der Waals surface area (Å²) in [5.41, 5.74) is -1.27. The second-order valence-corrected chi connectivity index (χ2v) is 16.5. The number of hydrogen-bond donors (Lipinski definition) is 5. The summed E-state index contributed by atoms with van der Waals surface area (Å²) < 4.78 is 10.4. The summed E-state index contributed by atoms with van der Waals surface area (Å²) in [4.78, 5) is 77.5. The van der Waals surface area contributed by atoms with Gasteiger partial charge in [0.15, 0.2) is 12.4 Å². The number of fused-ring (bicyclic) bond motifs is 5. The van der Waals surface area contributed by atoms with Crippen molar-refractivity contribution in [2.45, 2.75) is 123 Å². The minimum atomic E-state index is -1.80. The summed E-state index contributed by atoms with van der Waals surface area (Å²) in [5, 5.41) is 38.5. The van der Waals surface area contributed by atoms with Crippen LogP contribution in [0.4, 0.5) is 0 Å². The van der Waals surface area contributed by atoms with Gasteiger partial charge in [-0.2, -0.15) is 0 Å². The van der Waals surface area contributed by atoms with Gasteiger partial charge in [-0.25, -0.2) is 4.79 Å². The van der Waals surface area contributed by atoms with Gasteiger partial charge in [0.1, 0.15) is 23.4 Å². The molecule has 0 bridgehead atoms. The average molecular weight is 753 g/mol. The number of esters is 2. The third-order valence-corrected chi connectivity index (χ3v) is 13.0. The van der Waals surface area contributed by atoms with Crippen molar-refractivity contribution in [3.05, 3.63) is 41.5 Å². The molecule has 1 aromatic carbocycles. The monoisotopic (exact) mass is 752 g/mol. The van der Waals surface area contributed by atoms with Gasteiger partial charge in [0, 0.05) is 24.7 Å². The Balaban J connectivity index is 1.14. The second kappa shape index (κ2) is 16.3. The molecule has 13 nitrogen and oxygen atoms in total. The van der Waals surface area contributed by atoms with Crippen molar-refractivity contribution in [2.75, 3.05) is 13.2 Å². The number of aromatic hydroxyl groups is 1.